The molecule has 13 nitrogen and oxygen atoms in total. The summed E-state index contributed by atoms with van der Waals surface area (Å²) in [4.78, 5) is 31.4. The SMILES string of the molecule is CS(=O)(=O)c1c([C@H]2C[C@H]3CC[C@@H](C2)N3C(=O)c2nnc[nH]2)nc2c(-c3ccc(-c4ccncc4)nc3)cnn2c1N. The van der Waals surface area contributed by atoms with Crippen LogP contribution >= 0.6 is 0 Å². The summed E-state index contributed by atoms with van der Waals surface area (Å²) in [6.07, 6.45) is 12.1. The largest absolute Gasteiger partial charge is 0.382 e. The van der Waals surface area contributed by atoms with Crippen molar-refractivity contribution in [1.29, 1.82) is 0 Å². The Bertz CT molecular complexity index is 1860. The standard InChI is InChI=1S/C27H26N10O3S/c1-41(39,40)23-22(17-10-18-3-4-19(11-17)36(18)27(38)25-31-14-32-35-25)34-26-20(13-33-37(26)24(23)28)16-2-5-21(30-12-16)15-6-8-29-9-7-15/h2,5-9,12-14,17-19H,3-4,10-11,28H2,1H3,(H,31,32,35)/t17-,18+,19-. The molecule has 5 aromatic heterocycles. The van der Waals surface area contributed by atoms with E-state index in [-0.39, 0.29) is 40.4 Å². The number of hydrogen-bond acceptors (Lipinski definition) is 10. The van der Waals surface area contributed by atoms with E-state index >= 15 is 0 Å². The second kappa shape index (κ2) is 9.44. The summed E-state index contributed by atoms with van der Waals surface area (Å²) in [5.41, 5.74) is 10.6. The van der Waals surface area contributed by atoms with Crippen LogP contribution in [0.5, 0.6) is 0 Å². The average molecular weight is 571 g/mol. The highest BCUT2D eigenvalue weighted by Gasteiger charge is 2.46. The number of carbonyl (C=O) groups is 1. The number of carbonyl (C=O) groups excluding carboxylic acids is 1. The van der Waals surface area contributed by atoms with E-state index in [4.69, 9.17) is 10.7 Å². The van der Waals surface area contributed by atoms with Gasteiger partial charge in [0, 0.05) is 59.5 Å². The lowest BCUT2D eigenvalue weighted by Crippen LogP contribution is -2.46. The predicted molar refractivity (Wildman–Crippen MR) is 148 cm³/mol. The Hall–Kier alpha value is -4.72. The first-order valence-electron chi connectivity index (χ1n) is 13.2. The third-order valence-electron chi connectivity index (χ3n) is 8.06. The second-order valence-electron chi connectivity index (χ2n) is 10.5. The number of aromatic nitrogens is 8. The molecule has 0 saturated carbocycles. The highest BCUT2D eigenvalue weighted by molar-refractivity contribution is 7.91. The molecule has 2 aliphatic heterocycles. The van der Waals surface area contributed by atoms with Crippen LogP contribution in [0.25, 0.3) is 28.0 Å². The molecular formula is C27H26N10O3S. The number of H-pyrrole nitrogens is 1. The van der Waals surface area contributed by atoms with Gasteiger partial charge in [-0.2, -0.15) is 9.61 Å². The number of pyridine rings is 2. The molecule has 0 aromatic carbocycles. The molecule has 3 N–H and O–H groups in total. The highest BCUT2D eigenvalue weighted by Crippen LogP contribution is 2.45. The maximum Gasteiger partial charge on any atom is 0.292 e. The second-order valence-corrected chi connectivity index (χ2v) is 12.5. The molecule has 2 fully saturated rings. The van der Waals surface area contributed by atoms with Crippen molar-refractivity contribution in [3.63, 3.8) is 0 Å². The summed E-state index contributed by atoms with van der Waals surface area (Å²) in [7, 11) is -3.75. The third kappa shape index (κ3) is 4.22. The average Bonchev–Trinajstić information content (AvgIpc) is 3.71. The number of piperidine rings is 1. The highest BCUT2D eigenvalue weighted by atomic mass is 32.2. The molecule has 41 heavy (non-hydrogen) atoms. The Kier molecular flexibility index (Phi) is 5.81. The summed E-state index contributed by atoms with van der Waals surface area (Å²) in [5, 5.41) is 12.0. The Morgan fingerprint density at radius 2 is 1.80 bits per heavy atom. The molecule has 1 amide bonds. The topological polar surface area (TPSA) is 178 Å². The van der Waals surface area contributed by atoms with E-state index in [1.54, 1.807) is 24.8 Å². The molecule has 7 heterocycles. The van der Waals surface area contributed by atoms with Crippen molar-refractivity contribution in [3.8, 4) is 22.4 Å². The van der Waals surface area contributed by atoms with Gasteiger partial charge >= 0.3 is 0 Å². The van der Waals surface area contributed by atoms with Crippen LogP contribution in [0.4, 0.5) is 5.82 Å². The molecule has 2 bridgehead atoms. The summed E-state index contributed by atoms with van der Waals surface area (Å²) in [5.74, 6) is -0.181. The Balaban J connectivity index is 1.29. The number of anilines is 1. The van der Waals surface area contributed by atoms with Crippen molar-refractivity contribution in [2.24, 2.45) is 0 Å². The van der Waals surface area contributed by atoms with Crippen LogP contribution in [0.15, 0.2) is 60.3 Å². The fourth-order valence-corrected chi connectivity index (χ4v) is 7.35. The number of hydrogen-bond donors (Lipinski definition) is 2. The quantitative estimate of drug-likeness (QED) is 0.319. The number of sulfone groups is 1. The van der Waals surface area contributed by atoms with Crippen molar-refractivity contribution in [2.45, 2.75) is 48.6 Å². The van der Waals surface area contributed by atoms with Crippen LogP contribution in [-0.4, -0.2) is 77.3 Å². The molecule has 0 aliphatic carbocycles. The van der Waals surface area contributed by atoms with Gasteiger partial charge in [-0.3, -0.25) is 14.8 Å². The lowest BCUT2D eigenvalue weighted by atomic mass is 9.87. The van der Waals surface area contributed by atoms with Gasteiger partial charge in [-0.1, -0.05) is 6.07 Å². The smallest absolute Gasteiger partial charge is 0.292 e. The molecule has 5 aromatic rings. The molecule has 3 atom stereocenters. The molecule has 0 spiro atoms. The van der Waals surface area contributed by atoms with E-state index in [1.807, 2.05) is 29.2 Å². The van der Waals surface area contributed by atoms with Crippen LogP contribution < -0.4 is 5.73 Å². The van der Waals surface area contributed by atoms with Crippen LogP contribution in [-0.2, 0) is 9.84 Å². The minimum atomic E-state index is -3.75. The molecular weight excluding hydrogens is 544 g/mol. The maximum atomic E-state index is 13.1. The zero-order chi connectivity index (χ0) is 28.3. The molecule has 14 heteroatoms. The molecule has 0 unspecified atom stereocenters. The summed E-state index contributed by atoms with van der Waals surface area (Å²) < 4.78 is 27.5. The molecule has 0 radical (unpaired) electrons. The Morgan fingerprint density at radius 3 is 2.44 bits per heavy atom. The predicted octanol–water partition coefficient (Wildman–Crippen LogP) is 2.51. The first-order chi connectivity index (χ1) is 19.8. The van der Waals surface area contributed by atoms with Gasteiger partial charge in [0.2, 0.25) is 5.82 Å². The van der Waals surface area contributed by atoms with Gasteiger partial charge in [-0.15, -0.1) is 10.2 Å². The summed E-state index contributed by atoms with van der Waals surface area (Å²) >= 11 is 0. The summed E-state index contributed by atoms with van der Waals surface area (Å²) in [6, 6.07) is 7.46. The van der Waals surface area contributed by atoms with E-state index in [1.165, 1.54) is 10.8 Å². The Morgan fingerprint density at radius 1 is 1.05 bits per heavy atom. The monoisotopic (exact) mass is 570 g/mol. The lowest BCUT2D eigenvalue weighted by Gasteiger charge is -2.38. The molecule has 2 saturated heterocycles. The summed E-state index contributed by atoms with van der Waals surface area (Å²) in [6.45, 7) is 0. The van der Waals surface area contributed by atoms with Crippen LogP contribution in [0.3, 0.4) is 0 Å². The molecule has 208 valence electrons. The van der Waals surface area contributed by atoms with Crippen LogP contribution in [0.1, 0.15) is 47.9 Å². The normalized spacial score (nSPS) is 20.5. The first kappa shape index (κ1) is 25.3. The van der Waals surface area contributed by atoms with Crippen LogP contribution in [0, 0.1) is 0 Å². The van der Waals surface area contributed by atoms with Gasteiger partial charge in [0.15, 0.2) is 15.5 Å². The van der Waals surface area contributed by atoms with E-state index in [9.17, 15) is 13.2 Å². The Labute approximate surface area is 234 Å². The zero-order valence-corrected chi connectivity index (χ0v) is 22.9. The fourth-order valence-electron chi connectivity index (χ4n) is 6.29. The van der Waals surface area contributed by atoms with Gasteiger partial charge in [0.1, 0.15) is 17.0 Å². The van der Waals surface area contributed by atoms with Gasteiger partial charge in [-0.05, 0) is 43.9 Å². The van der Waals surface area contributed by atoms with Crippen LogP contribution in [0.2, 0.25) is 0 Å². The van der Waals surface area contributed by atoms with Gasteiger partial charge in [0.25, 0.3) is 5.91 Å². The molecule has 2 aliphatic rings. The van der Waals surface area contributed by atoms with Crippen molar-refractivity contribution in [3.05, 3.63) is 66.9 Å². The van der Waals surface area contributed by atoms with E-state index < -0.39 is 9.84 Å². The third-order valence-corrected chi connectivity index (χ3v) is 9.22. The van der Waals surface area contributed by atoms with Crippen molar-refractivity contribution in [2.75, 3.05) is 12.0 Å². The van der Waals surface area contributed by atoms with Crippen molar-refractivity contribution < 1.29 is 13.2 Å². The van der Waals surface area contributed by atoms with E-state index in [2.05, 4.69) is 30.2 Å². The van der Waals surface area contributed by atoms with E-state index in [0.717, 1.165) is 35.9 Å². The number of rotatable bonds is 5. The fraction of sp³-hybridized carbons (Fsp3) is 0.296. The van der Waals surface area contributed by atoms with E-state index in [0.29, 0.717) is 29.7 Å². The maximum absolute atomic E-state index is 13.1. The van der Waals surface area contributed by atoms with Crippen molar-refractivity contribution in [1.82, 2.24) is 44.6 Å². The van der Waals surface area contributed by atoms with Gasteiger partial charge < -0.3 is 15.6 Å². The van der Waals surface area contributed by atoms with Crippen molar-refractivity contribution >= 4 is 27.2 Å². The minimum Gasteiger partial charge on any atom is -0.382 e. The molecule has 7 rings (SSSR count). The number of amides is 1. The number of nitrogen functional groups attached to an aromatic ring is 1. The zero-order valence-electron chi connectivity index (χ0n) is 22.0. The lowest BCUT2D eigenvalue weighted by molar-refractivity contribution is 0.0556. The van der Waals surface area contributed by atoms with Gasteiger partial charge in [0.05, 0.1) is 17.6 Å². The number of aromatic amines is 1. The van der Waals surface area contributed by atoms with Gasteiger partial charge in [-0.25, -0.2) is 13.4 Å². The number of nitrogens with one attached hydrogen (secondary N) is 1. The number of fused-ring (bicyclic) bond motifs is 3. The minimum absolute atomic E-state index is 0.00905. The number of nitrogens with two attached hydrogens (primary N) is 1. The number of nitrogens with zero attached hydrogens (tertiary/aromatic N) is 8. The first-order valence-corrected chi connectivity index (χ1v) is 15.1.